The van der Waals surface area contributed by atoms with Crippen LogP contribution in [0.25, 0.3) is 0 Å². The number of nitrogens with one attached hydrogen (secondary N) is 2. The minimum absolute atomic E-state index is 0.0257. The number of carboxylic acid groups (broad SMARTS) is 1. The Morgan fingerprint density at radius 1 is 1.25 bits per heavy atom. The van der Waals surface area contributed by atoms with Crippen LogP contribution < -0.4 is 21.5 Å². The van der Waals surface area contributed by atoms with Crippen molar-refractivity contribution in [3.05, 3.63) is 29.8 Å². The van der Waals surface area contributed by atoms with Crippen molar-refractivity contribution in [1.29, 1.82) is 0 Å². The molecule has 8 nitrogen and oxygen atoms in total. The zero-order valence-electron chi connectivity index (χ0n) is 13.1. The Hall–Kier alpha value is -1.75. The highest BCUT2D eigenvalue weighted by molar-refractivity contribution is 7.89. The number of rotatable bonds is 9. The van der Waals surface area contributed by atoms with Crippen LogP contribution >= 0.6 is 12.2 Å². The molecule has 0 saturated heterocycles. The molecular formula is C14H22N4O4S2. The third-order valence-corrected chi connectivity index (χ3v) is 4.45. The van der Waals surface area contributed by atoms with Crippen LogP contribution in [0.1, 0.15) is 24.8 Å². The number of hydrogen-bond acceptors (Lipinski definition) is 5. The molecule has 0 amide bonds. The number of sulfonamides is 1. The Morgan fingerprint density at radius 2 is 1.88 bits per heavy atom. The second-order valence-electron chi connectivity index (χ2n) is 5.19. The van der Waals surface area contributed by atoms with E-state index in [0.29, 0.717) is 25.9 Å². The van der Waals surface area contributed by atoms with Gasteiger partial charge < -0.3 is 21.5 Å². The Morgan fingerprint density at radius 3 is 2.38 bits per heavy atom. The highest BCUT2D eigenvalue weighted by Gasteiger charge is 2.17. The molecule has 0 aliphatic rings. The largest absolute Gasteiger partial charge is 0.480 e. The first-order valence-corrected chi connectivity index (χ1v) is 9.28. The van der Waals surface area contributed by atoms with Crippen molar-refractivity contribution in [3.8, 4) is 0 Å². The van der Waals surface area contributed by atoms with Crippen molar-refractivity contribution < 1.29 is 18.3 Å². The van der Waals surface area contributed by atoms with E-state index in [0.717, 1.165) is 12.0 Å². The molecule has 0 spiro atoms. The van der Waals surface area contributed by atoms with Gasteiger partial charge in [0.25, 0.3) is 0 Å². The minimum Gasteiger partial charge on any atom is -0.480 e. The molecule has 0 fully saturated rings. The predicted molar refractivity (Wildman–Crippen MR) is 94.7 cm³/mol. The van der Waals surface area contributed by atoms with Gasteiger partial charge in [0.15, 0.2) is 5.11 Å². The molecule has 0 aliphatic carbocycles. The summed E-state index contributed by atoms with van der Waals surface area (Å²) in [6, 6.07) is 5.23. The average Bonchev–Trinajstić information content (AvgIpc) is 2.51. The van der Waals surface area contributed by atoms with Crippen molar-refractivity contribution in [2.45, 2.75) is 36.7 Å². The van der Waals surface area contributed by atoms with Crippen LogP contribution in [0.4, 0.5) is 0 Å². The predicted octanol–water partition coefficient (Wildman–Crippen LogP) is -0.120. The maximum Gasteiger partial charge on any atom is 0.326 e. The first kappa shape index (κ1) is 20.3. The Labute approximate surface area is 146 Å². The minimum atomic E-state index is -3.72. The Kier molecular flexibility index (Phi) is 8.05. The van der Waals surface area contributed by atoms with E-state index in [1.165, 1.54) is 12.1 Å². The fourth-order valence-corrected chi connectivity index (χ4v) is 2.67. The number of aliphatic carboxylic acids is 1. The van der Waals surface area contributed by atoms with Gasteiger partial charge in [0, 0.05) is 6.54 Å². The van der Waals surface area contributed by atoms with Gasteiger partial charge >= 0.3 is 5.97 Å². The summed E-state index contributed by atoms with van der Waals surface area (Å²) in [6.45, 7) is 0.843. The number of carboxylic acids is 1. The van der Waals surface area contributed by atoms with Gasteiger partial charge in [-0.15, -0.1) is 0 Å². The maximum atomic E-state index is 11.2. The number of carbonyl (C=O) groups is 1. The molecule has 0 radical (unpaired) electrons. The molecule has 24 heavy (non-hydrogen) atoms. The Balaban J connectivity index is 2.51. The van der Waals surface area contributed by atoms with Crippen molar-refractivity contribution in [2.24, 2.45) is 10.9 Å². The van der Waals surface area contributed by atoms with Crippen LogP contribution in [-0.4, -0.2) is 37.2 Å². The number of primary sulfonamides is 1. The topological polar surface area (TPSA) is 148 Å². The van der Waals surface area contributed by atoms with E-state index in [1.807, 2.05) is 0 Å². The maximum absolute atomic E-state index is 11.2. The first-order valence-electron chi connectivity index (χ1n) is 7.33. The molecule has 10 heteroatoms. The standard InChI is InChI=1S/C14H22N4O4S2/c15-8-2-1-3-12(13(19)20)18-14(23)17-9-10-4-6-11(7-5-10)24(16,21)22/h4-7,12H,1-3,8-9,15H2,(H,19,20)(H2,16,21,22)(H2,17,18,23). The van der Waals surface area contributed by atoms with Crippen LogP contribution in [0.3, 0.4) is 0 Å². The quantitative estimate of drug-likeness (QED) is 0.297. The monoisotopic (exact) mass is 374 g/mol. The molecule has 1 rings (SSSR count). The number of unbranched alkanes of at least 4 members (excludes halogenated alkanes) is 1. The number of thiocarbonyl (C=S) groups is 1. The van der Waals surface area contributed by atoms with Crippen molar-refractivity contribution in [1.82, 2.24) is 10.6 Å². The molecule has 0 saturated carbocycles. The summed E-state index contributed by atoms with van der Waals surface area (Å²) in [7, 11) is -3.72. The summed E-state index contributed by atoms with van der Waals surface area (Å²) < 4.78 is 22.3. The van der Waals surface area contributed by atoms with E-state index in [4.69, 9.17) is 28.2 Å². The molecule has 1 atom stereocenters. The summed E-state index contributed by atoms with van der Waals surface area (Å²) >= 11 is 5.09. The van der Waals surface area contributed by atoms with Crippen molar-refractivity contribution in [3.63, 3.8) is 0 Å². The smallest absolute Gasteiger partial charge is 0.326 e. The van der Waals surface area contributed by atoms with E-state index in [1.54, 1.807) is 12.1 Å². The van der Waals surface area contributed by atoms with Gasteiger partial charge in [-0.2, -0.15) is 0 Å². The van der Waals surface area contributed by atoms with E-state index in [9.17, 15) is 13.2 Å². The first-order chi connectivity index (χ1) is 11.2. The molecular weight excluding hydrogens is 352 g/mol. The van der Waals surface area contributed by atoms with E-state index in [2.05, 4.69) is 10.6 Å². The van der Waals surface area contributed by atoms with Crippen molar-refractivity contribution in [2.75, 3.05) is 6.54 Å². The molecule has 0 aromatic heterocycles. The summed E-state index contributed by atoms with van der Waals surface area (Å²) in [5.41, 5.74) is 6.17. The van der Waals surface area contributed by atoms with E-state index in [-0.39, 0.29) is 10.0 Å². The molecule has 7 N–H and O–H groups in total. The SMILES string of the molecule is NCCCCC(NC(=S)NCc1ccc(S(N)(=O)=O)cc1)C(=O)O. The average molecular weight is 374 g/mol. The molecule has 134 valence electrons. The summed E-state index contributed by atoms with van der Waals surface area (Å²) in [5, 5.41) is 20.0. The van der Waals surface area contributed by atoms with Gasteiger partial charge in [-0.05, 0) is 55.7 Å². The lowest BCUT2D eigenvalue weighted by Crippen LogP contribution is -2.45. The molecule has 0 bridgehead atoms. The van der Waals surface area contributed by atoms with Crippen LogP contribution in [0, 0.1) is 0 Å². The van der Waals surface area contributed by atoms with Crippen LogP contribution in [-0.2, 0) is 21.4 Å². The highest BCUT2D eigenvalue weighted by atomic mass is 32.2. The molecule has 1 aromatic carbocycles. The third-order valence-electron chi connectivity index (χ3n) is 3.26. The van der Waals surface area contributed by atoms with Gasteiger partial charge in [-0.3, -0.25) is 0 Å². The molecule has 0 aliphatic heterocycles. The van der Waals surface area contributed by atoms with E-state index >= 15 is 0 Å². The fourth-order valence-electron chi connectivity index (χ4n) is 1.94. The van der Waals surface area contributed by atoms with Gasteiger partial charge in [0.1, 0.15) is 6.04 Å². The van der Waals surface area contributed by atoms with Gasteiger partial charge in [-0.1, -0.05) is 12.1 Å². The lowest BCUT2D eigenvalue weighted by molar-refractivity contribution is -0.139. The number of benzene rings is 1. The molecule has 1 aromatic rings. The van der Waals surface area contributed by atoms with Crippen molar-refractivity contribution >= 4 is 33.3 Å². The zero-order valence-corrected chi connectivity index (χ0v) is 14.7. The Bertz CT molecular complexity index is 662. The number of hydrogen-bond donors (Lipinski definition) is 5. The third kappa shape index (κ3) is 7.21. The summed E-state index contributed by atoms with van der Waals surface area (Å²) in [6.07, 6.45) is 1.87. The van der Waals surface area contributed by atoms with Crippen LogP contribution in [0.5, 0.6) is 0 Å². The van der Waals surface area contributed by atoms with Gasteiger partial charge in [0.2, 0.25) is 10.0 Å². The normalized spacial score (nSPS) is 12.4. The molecule has 0 heterocycles. The second kappa shape index (κ2) is 9.52. The highest BCUT2D eigenvalue weighted by Crippen LogP contribution is 2.08. The summed E-state index contributed by atoms with van der Waals surface area (Å²) in [4.78, 5) is 11.2. The van der Waals surface area contributed by atoms with Crippen LogP contribution in [0.15, 0.2) is 29.2 Å². The summed E-state index contributed by atoms with van der Waals surface area (Å²) in [5.74, 6) is -0.978. The fraction of sp³-hybridized carbons (Fsp3) is 0.429. The van der Waals surface area contributed by atoms with Crippen LogP contribution in [0.2, 0.25) is 0 Å². The lowest BCUT2D eigenvalue weighted by Gasteiger charge is -2.17. The van der Waals surface area contributed by atoms with Gasteiger partial charge in [-0.25, -0.2) is 18.4 Å². The molecule has 1 unspecified atom stereocenters. The lowest BCUT2D eigenvalue weighted by atomic mass is 10.1. The van der Waals surface area contributed by atoms with Gasteiger partial charge in [0.05, 0.1) is 4.90 Å². The van der Waals surface area contributed by atoms with E-state index < -0.39 is 22.0 Å². The zero-order chi connectivity index (χ0) is 18.2. The number of nitrogens with two attached hydrogens (primary N) is 2. The second-order valence-corrected chi connectivity index (χ2v) is 7.16.